The predicted octanol–water partition coefficient (Wildman–Crippen LogP) is 6.09. The maximum Gasteiger partial charge on any atom is 0.249 e. The van der Waals surface area contributed by atoms with Gasteiger partial charge in [0.1, 0.15) is 24.3 Å². The number of hydrogen-bond acceptors (Lipinski definition) is 9. The van der Waals surface area contributed by atoms with Gasteiger partial charge >= 0.3 is 0 Å². The number of fused-ring (bicyclic) bond motifs is 1. The average Bonchev–Trinajstić information content (AvgIpc) is 3.04. The molecule has 1 atom stereocenters. The van der Waals surface area contributed by atoms with Gasteiger partial charge in [-0.2, -0.15) is 0 Å². The number of carbonyl (C=O) groups is 2. The standard InChI is InChI=1S/C32H31Cl2FN6O4/c1-44-26-15-25-20(31(37-17-36-25)39-23-7-6-21(33)29(34)30(23)35)14-27(26)45-19-10-12-41(13-11-19)16-18-4-2-3-5-22(18)38-24-8-9-28(42)40-32(24)43/h2-7,14-15,17,19,24,38H,8-13,16H2,1H3,(H,36,37,39)(H,40,42,43). The number of likely N-dealkylation sites (tertiary alicyclic amines) is 1. The summed E-state index contributed by atoms with van der Waals surface area (Å²) in [4.78, 5) is 34.9. The molecule has 0 radical (unpaired) electrons. The molecule has 0 spiro atoms. The van der Waals surface area contributed by atoms with E-state index in [1.54, 1.807) is 19.2 Å². The molecule has 0 saturated carbocycles. The van der Waals surface area contributed by atoms with Gasteiger partial charge in [0.05, 0.1) is 28.4 Å². The van der Waals surface area contributed by atoms with E-state index in [-0.39, 0.29) is 33.7 Å². The molecule has 2 saturated heterocycles. The summed E-state index contributed by atoms with van der Waals surface area (Å²) in [7, 11) is 1.57. The minimum Gasteiger partial charge on any atom is -0.493 e. The van der Waals surface area contributed by atoms with Gasteiger partial charge in [-0.25, -0.2) is 14.4 Å². The van der Waals surface area contributed by atoms with Gasteiger partial charge in [0, 0.05) is 43.2 Å². The van der Waals surface area contributed by atoms with Crippen molar-refractivity contribution in [3.05, 3.63) is 76.3 Å². The predicted molar refractivity (Wildman–Crippen MR) is 171 cm³/mol. The van der Waals surface area contributed by atoms with Gasteiger partial charge < -0.3 is 20.1 Å². The van der Waals surface area contributed by atoms with Crippen LogP contribution in [0.2, 0.25) is 10.0 Å². The molecule has 234 valence electrons. The van der Waals surface area contributed by atoms with Gasteiger partial charge in [0.25, 0.3) is 0 Å². The first-order valence-corrected chi connectivity index (χ1v) is 15.3. The summed E-state index contributed by atoms with van der Waals surface area (Å²) >= 11 is 12.0. The lowest BCUT2D eigenvalue weighted by Gasteiger charge is -2.33. The van der Waals surface area contributed by atoms with E-state index in [2.05, 4.69) is 30.8 Å². The second kappa shape index (κ2) is 13.4. The molecule has 2 fully saturated rings. The van der Waals surface area contributed by atoms with Gasteiger partial charge in [-0.1, -0.05) is 41.4 Å². The number of piperidine rings is 2. The average molecular weight is 654 g/mol. The van der Waals surface area contributed by atoms with Gasteiger partial charge in [-0.05, 0) is 49.1 Å². The number of imide groups is 1. The number of carbonyl (C=O) groups excluding carboxylic acids is 2. The number of benzene rings is 3. The monoisotopic (exact) mass is 652 g/mol. The molecule has 1 unspecified atom stereocenters. The summed E-state index contributed by atoms with van der Waals surface area (Å²) in [5.41, 5.74) is 2.69. The maximum atomic E-state index is 14.8. The highest BCUT2D eigenvalue weighted by Crippen LogP contribution is 2.38. The number of rotatable bonds is 9. The van der Waals surface area contributed by atoms with Crippen LogP contribution < -0.4 is 25.4 Å². The molecular weight excluding hydrogens is 622 g/mol. The van der Waals surface area contributed by atoms with Crippen LogP contribution >= 0.6 is 23.2 Å². The van der Waals surface area contributed by atoms with Crippen LogP contribution in [0.4, 0.5) is 21.6 Å². The normalized spacial score (nSPS) is 17.6. The van der Waals surface area contributed by atoms with Crippen molar-refractivity contribution in [2.45, 2.75) is 44.4 Å². The van der Waals surface area contributed by atoms with Crippen molar-refractivity contribution in [1.82, 2.24) is 20.2 Å². The first-order chi connectivity index (χ1) is 21.8. The molecule has 45 heavy (non-hydrogen) atoms. The number of para-hydroxylation sites is 1. The summed E-state index contributed by atoms with van der Waals surface area (Å²) in [6, 6.07) is 14.1. The van der Waals surface area contributed by atoms with E-state index < -0.39 is 11.9 Å². The van der Waals surface area contributed by atoms with Crippen LogP contribution in [0.3, 0.4) is 0 Å². The minimum absolute atomic E-state index is 0.0574. The fourth-order valence-electron chi connectivity index (χ4n) is 5.59. The molecule has 1 aromatic heterocycles. The van der Waals surface area contributed by atoms with Crippen molar-refractivity contribution in [3.8, 4) is 11.5 Å². The van der Waals surface area contributed by atoms with E-state index in [0.717, 1.165) is 37.2 Å². The number of halogens is 3. The lowest BCUT2D eigenvalue weighted by Crippen LogP contribution is -2.47. The molecule has 10 nitrogen and oxygen atoms in total. The third-order valence-electron chi connectivity index (χ3n) is 8.02. The van der Waals surface area contributed by atoms with Crippen LogP contribution in [0, 0.1) is 5.82 Å². The first-order valence-electron chi connectivity index (χ1n) is 14.6. The second-order valence-corrected chi connectivity index (χ2v) is 11.8. The molecule has 13 heteroatoms. The van der Waals surface area contributed by atoms with Crippen molar-refractivity contribution in [3.63, 3.8) is 0 Å². The second-order valence-electron chi connectivity index (χ2n) is 11.0. The molecule has 2 aliphatic rings. The summed E-state index contributed by atoms with van der Waals surface area (Å²) in [6.07, 6.45) is 3.69. The summed E-state index contributed by atoms with van der Waals surface area (Å²) in [5.74, 6) is 0.241. The Kier molecular flexibility index (Phi) is 9.20. The van der Waals surface area contributed by atoms with E-state index in [1.807, 2.05) is 24.3 Å². The van der Waals surface area contributed by atoms with E-state index in [9.17, 15) is 14.0 Å². The van der Waals surface area contributed by atoms with Crippen molar-refractivity contribution in [2.24, 2.45) is 0 Å². The number of anilines is 3. The Balaban J connectivity index is 1.13. The lowest BCUT2D eigenvalue weighted by atomic mass is 10.0. The zero-order valence-corrected chi connectivity index (χ0v) is 25.9. The van der Waals surface area contributed by atoms with Gasteiger partial charge in [-0.3, -0.25) is 19.8 Å². The number of amides is 2. The zero-order valence-electron chi connectivity index (χ0n) is 24.4. The van der Waals surface area contributed by atoms with Crippen LogP contribution in [-0.4, -0.2) is 59.0 Å². The van der Waals surface area contributed by atoms with Crippen molar-refractivity contribution < 1.29 is 23.5 Å². The fourth-order valence-corrected chi connectivity index (χ4v) is 5.90. The minimum atomic E-state index is -0.679. The Morgan fingerprint density at radius 1 is 1.02 bits per heavy atom. The number of methoxy groups -OCH3 is 1. The van der Waals surface area contributed by atoms with Gasteiger partial charge in [0.15, 0.2) is 17.3 Å². The number of ether oxygens (including phenoxy) is 2. The molecule has 2 amide bonds. The SMILES string of the molecule is COc1cc2ncnc(Nc3ccc(Cl)c(Cl)c3F)c2cc1OC1CCN(Cc2ccccc2NC2CCC(=O)NC2=O)CC1. The largest absolute Gasteiger partial charge is 0.493 e. The fraction of sp³-hybridized carbons (Fsp3) is 0.312. The third kappa shape index (κ3) is 6.90. The van der Waals surface area contributed by atoms with Crippen molar-refractivity contribution >= 4 is 63.1 Å². The van der Waals surface area contributed by atoms with Crippen LogP contribution in [0.25, 0.3) is 10.9 Å². The van der Waals surface area contributed by atoms with E-state index in [4.69, 9.17) is 32.7 Å². The Labute approximate surface area is 269 Å². The lowest BCUT2D eigenvalue weighted by molar-refractivity contribution is -0.133. The smallest absolute Gasteiger partial charge is 0.249 e. The molecule has 0 aliphatic carbocycles. The topological polar surface area (TPSA) is 118 Å². The number of nitrogens with one attached hydrogen (secondary N) is 3. The zero-order chi connectivity index (χ0) is 31.5. The van der Waals surface area contributed by atoms with Crippen LogP contribution in [0.5, 0.6) is 11.5 Å². The van der Waals surface area contributed by atoms with Crippen molar-refractivity contribution in [1.29, 1.82) is 0 Å². The van der Waals surface area contributed by atoms with E-state index >= 15 is 0 Å². The molecular formula is C32H31Cl2FN6O4. The van der Waals surface area contributed by atoms with E-state index in [1.165, 1.54) is 18.5 Å². The Bertz CT molecular complexity index is 1750. The molecule has 0 bridgehead atoms. The first kappa shape index (κ1) is 30.8. The molecule has 6 rings (SSSR count). The molecule has 3 N–H and O–H groups in total. The number of nitrogens with zero attached hydrogens (tertiary/aromatic N) is 3. The summed E-state index contributed by atoms with van der Waals surface area (Å²) < 4.78 is 26.9. The molecule has 3 aromatic carbocycles. The van der Waals surface area contributed by atoms with Gasteiger partial charge in [0.2, 0.25) is 11.8 Å². The summed E-state index contributed by atoms with van der Waals surface area (Å²) in [5, 5.41) is 9.30. The van der Waals surface area contributed by atoms with Crippen LogP contribution in [0.15, 0.2) is 54.9 Å². The Hall–Kier alpha value is -4.19. The van der Waals surface area contributed by atoms with Crippen LogP contribution in [-0.2, 0) is 16.1 Å². The third-order valence-corrected chi connectivity index (χ3v) is 8.80. The quantitative estimate of drug-likeness (QED) is 0.146. The number of aromatic nitrogens is 2. The van der Waals surface area contributed by atoms with Gasteiger partial charge in [-0.15, -0.1) is 0 Å². The summed E-state index contributed by atoms with van der Waals surface area (Å²) in [6.45, 7) is 2.32. The highest BCUT2D eigenvalue weighted by molar-refractivity contribution is 6.42. The molecule has 3 heterocycles. The molecule has 2 aliphatic heterocycles. The van der Waals surface area contributed by atoms with Crippen LogP contribution in [0.1, 0.15) is 31.2 Å². The maximum absolute atomic E-state index is 14.8. The number of hydrogen-bond donors (Lipinski definition) is 3. The molecule has 4 aromatic rings. The Morgan fingerprint density at radius 3 is 2.60 bits per heavy atom. The highest BCUT2D eigenvalue weighted by atomic mass is 35.5. The highest BCUT2D eigenvalue weighted by Gasteiger charge is 2.28. The van der Waals surface area contributed by atoms with E-state index in [0.29, 0.717) is 47.6 Å². The Morgan fingerprint density at radius 2 is 1.82 bits per heavy atom. The van der Waals surface area contributed by atoms with Crippen molar-refractivity contribution in [2.75, 3.05) is 30.8 Å².